The van der Waals surface area contributed by atoms with Crippen molar-refractivity contribution in [3.63, 3.8) is 0 Å². The normalized spacial score (nSPS) is 15.7. The van der Waals surface area contributed by atoms with E-state index in [4.69, 9.17) is 10.6 Å². The SMILES string of the molecule is COC(=O)[C@@H](C)CNC(=O)N(Cc1ccc(C)cc1)C(Nc1ccc(C2CCCCC2)cc1)N(C)N. The molecule has 196 valence electrons. The minimum absolute atomic E-state index is 0.160. The van der Waals surface area contributed by atoms with Crippen LogP contribution < -0.4 is 16.5 Å². The zero-order valence-electron chi connectivity index (χ0n) is 22.0. The maximum absolute atomic E-state index is 13.4. The molecule has 8 nitrogen and oxygen atoms in total. The van der Waals surface area contributed by atoms with Gasteiger partial charge in [-0.2, -0.15) is 0 Å². The van der Waals surface area contributed by atoms with Crippen molar-refractivity contribution < 1.29 is 14.3 Å². The lowest BCUT2D eigenvalue weighted by Crippen LogP contribution is -2.58. The van der Waals surface area contributed by atoms with Crippen LogP contribution in [0, 0.1) is 12.8 Å². The number of anilines is 1. The Kier molecular flexibility index (Phi) is 10.1. The molecule has 2 atom stereocenters. The van der Waals surface area contributed by atoms with Crippen molar-refractivity contribution in [1.82, 2.24) is 15.2 Å². The van der Waals surface area contributed by atoms with Crippen LogP contribution in [0.1, 0.15) is 61.6 Å². The summed E-state index contributed by atoms with van der Waals surface area (Å²) >= 11 is 0. The summed E-state index contributed by atoms with van der Waals surface area (Å²) in [5.41, 5.74) is 4.36. The van der Waals surface area contributed by atoms with Gasteiger partial charge in [0.15, 0.2) is 6.29 Å². The molecule has 1 aliphatic rings. The highest BCUT2D eigenvalue weighted by Gasteiger charge is 2.27. The monoisotopic (exact) mass is 495 g/mol. The number of nitrogens with zero attached hydrogens (tertiary/aromatic N) is 2. The molecule has 0 spiro atoms. The molecule has 36 heavy (non-hydrogen) atoms. The first-order chi connectivity index (χ1) is 17.3. The number of carbonyl (C=O) groups excluding carboxylic acids is 2. The number of benzene rings is 2. The number of methoxy groups -OCH3 is 1. The van der Waals surface area contributed by atoms with Gasteiger partial charge in [-0.05, 0) is 48.9 Å². The number of hydrogen-bond acceptors (Lipinski definition) is 6. The average molecular weight is 496 g/mol. The lowest BCUT2D eigenvalue weighted by Gasteiger charge is -2.37. The van der Waals surface area contributed by atoms with Crippen LogP contribution >= 0.6 is 0 Å². The zero-order valence-corrected chi connectivity index (χ0v) is 22.0. The number of carbonyl (C=O) groups is 2. The largest absolute Gasteiger partial charge is 0.469 e. The molecule has 2 aromatic rings. The van der Waals surface area contributed by atoms with E-state index >= 15 is 0 Å². The fraction of sp³-hybridized carbons (Fsp3) is 0.500. The molecule has 0 aromatic heterocycles. The molecule has 2 amide bonds. The number of esters is 1. The third kappa shape index (κ3) is 7.70. The first kappa shape index (κ1) is 27.5. The number of amides is 2. The lowest BCUT2D eigenvalue weighted by molar-refractivity contribution is -0.144. The predicted octanol–water partition coefficient (Wildman–Crippen LogP) is 4.56. The standard InChI is InChI=1S/C28H41N5O3/c1-20-10-12-22(13-11-20)19-33(28(35)30-18-21(2)26(34)36-4)27(32(3)29)31-25-16-14-24(15-17-25)23-8-6-5-7-9-23/h10-17,21,23,27,31H,5-9,18-19,29H2,1-4H3,(H,30,35)/t21-,27?/m0/s1. The predicted molar refractivity (Wildman–Crippen MR) is 143 cm³/mol. The summed E-state index contributed by atoms with van der Waals surface area (Å²) in [5, 5.41) is 7.76. The van der Waals surface area contributed by atoms with Crippen molar-refractivity contribution in [1.29, 1.82) is 0 Å². The molecule has 1 aliphatic carbocycles. The Bertz CT molecular complexity index is 972. The second-order valence-electron chi connectivity index (χ2n) is 9.86. The molecule has 1 fully saturated rings. The van der Waals surface area contributed by atoms with E-state index < -0.39 is 12.2 Å². The quantitative estimate of drug-likeness (QED) is 0.193. The Morgan fingerprint density at radius 3 is 2.28 bits per heavy atom. The molecule has 0 aliphatic heterocycles. The molecule has 8 heteroatoms. The van der Waals surface area contributed by atoms with Gasteiger partial charge in [-0.25, -0.2) is 9.80 Å². The molecule has 2 aromatic carbocycles. The number of rotatable bonds is 10. The number of hydrogen-bond donors (Lipinski definition) is 3. The first-order valence-electron chi connectivity index (χ1n) is 12.8. The van der Waals surface area contributed by atoms with E-state index in [1.807, 2.05) is 31.2 Å². The van der Waals surface area contributed by atoms with E-state index in [2.05, 4.69) is 34.9 Å². The summed E-state index contributed by atoms with van der Waals surface area (Å²) in [6, 6.07) is 16.2. The average Bonchev–Trinajstić information content (AvgIpc) is 2.90. The van der Waals surface area contributed by atoms with E-state index in [0.29, 0.717) is 12.5 Å². The van der Waals surface area contributed by atoms with Crippen molar-refractivity contribution in [2.75, 3.05) is 26.0 Å². The summed E-state index contributed by atoms with van der Waals surface area (Å²) in [4.78, 5) is 26.8. The Hall–Kier alpha value is -3.10. The number of aryl methyl sites for hydroxylation is 1. The van der Waals surface area contributed by atoms with Gasteiger partial charge in [-0.3, -0.25) is 15.5 Å². The Labute approximate surface area is 215 Å². The number of urea groups is 1. The van der Waals surface area contributed by atoms with Crippen molar-refractivity contribution in [3.05, 3.63) is 65.2 Å². The zero-order chi connectivity index (χ0) is 26.1. The maximum Gasteiger partial charge on any atom is 0.320 e. The van der Waals surface area contributed by atoms with Gasteiger partial charge in [0.1, 0.15) is 0 Å². The summed E-state index contributed by atoms with van der Waals surface area (Å²) in [7, 11) is 3.06. The van der Waals surface area contributed by atoms with Gasteiger partial charge in [0, 0.05) is 19.3 Å². The molecule has 0 bridgehead atoms. The van der Waals surface area contributed by atoms with Crippen molar-refractivity contribution in [3.8, 4) is 0 Å². The van der Waals surface area contributed by atoms with Gasteiger partial charge >= 0.3 is 12.0 Å². The van der Waals surface area contributed by atoms with Gasteiger partial charge in [-0.1, -0.05) is 68.1 Å². The van der Waals surface area contributed by atoms with Gasteiger partial charge in [0.25, 0.3) is 0 Å². The number of hydrazine groups is 1. The van der Waals surface area contributed by atoms with Crippen molar-refractivity contribution >= 4 is 17.7 Å². The molecular formula is C28H41N5O3. The van der Waals surface area contributed by atoms with Crippen molar-refractivity contribution in [2.45, 2.75) is 64.7 Å². The van der Waals surface area contributed by atoms with Crippen LogP contribution in [0.25, 0.3) is 0 Å². The second kappa shape index (κ2) is 13.3. The van der Waals surface area contributed by atoms with E-state index in [0.717, 1.165) is 16.8 Å². The minimum Gasteiger partial charge on any atom is -0.469 e. The van der Waals surface area contributed by atoms with E-state index in [9.17, 15) is 9.59 Å². The van der Waals surface area contributed by atoms with Crippen LogP contribution in [0.15, 0.2) is 48.5 Å². The maximum atomic E-state index is 13.4. The summed E-state index contributed by atoms with van der Waals surface area (Å²) < 4.78 is 4.79. The first-order valence-corrected chi connectivity index (χ1v) is 12.8. The molecule has 1 saturated carbocycles. The van der Waals surface area contributed by atoms with Crippen LogP contribution in [0.5, 0.6) is 0 Å². The third-order valence-electron chi connectivity index (χ3n) is 6.86. The topological polar surface area (TPSA) is 99.9 Å². The van der Waals surface area contributed by atoms with Gasteiger partial charge in [0.2, 0.25) is 0 Å². The van der Waals surface area contributed by atoms with Gasteiger partial charge < -0.3 is 15.4 Å². The van der Waals surface area contributed by atoms with Gasteiger partial charge in [0.05, 0.1) is 19.6 Å². The third-order valence-corrected chi connectivity index (χ3v) is 6.86. The Morgan fingerprint density at radius 1 is 1.06 bits per heavy atom. The molecule has 0 radical (unpaired) electrons. The molecule has 3 rings (SSSR count). The molecule has 4 N–H and O–H groups in total. The highest BCUT2D eigenvalue weighted by Crippen LogP contribution is 2.33. The van der Waals surface area contributed by atoms with E-state index in [-0.39, 0.29) is 18.5 Å². The van der Waals surface area contributed by atoms with E-state index in [1.54, 1.807) is 18.9 Å². The number of nitrogens with one attached hydrogen (secondary N) is 2. The fourth-order valence-corrected chi connectivity index (χ4v) is 4.62. The molecule has 0 saturated heterocycles. The fourth-order valence-electron chi connectivity index (χ4n) is 4.62. The molecule has 0 heterocycles. The van der Waals surface area contributed by atoms with Crippen LogP contribution in [-0.2, 0) is 16.1 Å². The number of ether oxygens (including phenoxy) is 1. The summed E-state index contributed by atoms with van der Waals surface area (Å²) in [6.07, 6.45) is 5.79. The Morgan fingerprint density at radius 2 is 1.69 bits per heavy atom. The summed E-state index contributed by atoms with van der Waals surface area (Å²) in [6.45, 7) is 4.23. The van der Waals surface area contributed by atoms with Crippen LogP contribution in [0.4, 0.5) is 10.5 Å². The second-order valence-corrected chi connectivity index (χ2v) is 9.86. The van der Waals surface area contributed by atoms with Crippen LogP contribution in [0.3, 0.4) is 0 Å². The van der Waals surface area contributed by atoms with Gasteiger partial charge in [-0.15, -0.1) is 0 Å². The highest BCUT2D eigenvalue weighted by atomic mass is 16.5. The lowest BCUT2D eigenvalue weighted by atomic mass is 9.84. The smallest absolute Gasteiger partial charge is 0.320 e. The summed E-state index contributed by atoms with van der Waals surface area (Å²) in [5.74, 6) is 6.04. The minimum atomic E-state index is -0.625. The molecular weight excluding hydrogens is 454 g/mol. The Balaban J connectivity index is 1.78. The van der Waals surface area contributed by atoms with E-state index in [1.165, 1.54) is 49.8 Å². The van der Waals surface area contributed by atoms with Crippen molar-refractivity contribution in [2.24, 2.45) is 11.8 Å². The highest BCUT2D eigenvalue weighted by molar-refractivity contribution is 5.77. The molecule has 1 unspecified atom stereocenters. The van der Waals surface area contributed by atoms with Crippen LogP contribution in [0.2, 0.25) is 0 Å². The number of nitrogens with two attached hydrogens (primary N) is 1. The van der Waals surface area contributed by atoms with Crippen LogP contribution in [-0.4, -0.2) is 48.9 Å².